The Morgan fingerprint density at radius 2 is 1.92 bits per heavy atom. The van der Waals surface area contributed by atoms with Crippen molar-refractivity contribution in [3.05, 3.63) is 72.2 Å². The molecule has 13 nitrogen and oxygen atoms in total. The molecule has 0 aromatic carbocycles. The number of imidazole rings is 1. The van der Waals surface area contributed by atoms with Crippen LogP contribution in [-0.2, 0) is 31.9 Å². The SMILES string of the molecule is Cc1ncc(NC(=O)CN2CCc3c(ncn3C)C2)cc1NC(=O)c1nnc2cc(-c3cnn(C)c3)ccn12. The van der Waals surface area contributed by atoms with Gasteiger partial charge in [-0.15, -0.1) is 10.2 Å². The van der Waals surface area contributed by atoms with Crippen molar-refractivity contribution in [1.82, 2.24) is 43.8 Å². The molecule has 39 heavy (non-hydrogen) atoms. The first-order valence-electron chi connectivity index (χ1n) is 12.5. The summed E-state index contributed by atoms with van der Waals surface area (Å²) in [6, 6.07) is 5.42. The molecule has 0 saturated heterocycles. The number of amides is 2. The molecule has 2 amide bonds. The number of rotatable bonds is 6. The van der Waals surface area contributed by atoms with Gasteiger partial charge < -0.3 is 15.2 Å². The number of fused-ring (bicyclic) bond motifs is 2. The monoisotopic (exact) mass is 525 g/mol. The number of carbonyl (C=O) groups is 2. The normalized spacial score (nSPS) is 13.4. The number of anilines is 2. The molecule has 0 spiro atoms. The Morgan fingerprint density at radius 1 is 1.05 bits per heavy atom. The van der Waals surface area contributed by atoms with Crippen molar-refractivity contribution < 1.29 is 9.59 Å². The Balaban J connectivity index is 1.13. The van der Waals surface area contributed by atoms with E-state index in [0.29, 0.717) is 29.3 Å². The molecule has 0 unspecified atom stereocenters. The van der Waals surface area contributed by atoms with Crippen molar-refractivity contribution in [2.45, 2.75) is 19.9 Å². The second kappa shape index (κ2) is 9.76. The molecule has 6 rings (SSSR count). The summed E-state index contributed by atoms with van der Waals surface area (Å²) in [6.07, 6.45) is 9.65. The quantitative estimate of drug-likeness (QED) is 0.342. The van der Waals surface area contributed by atoms with Crippen LogP contribution < -0.4 is 10.6 Å². The smallest absolute Gasteiger partial charge is 0.294 e. The van der Waals surface area contributed by atoms with Gasteiger partial charge in [0.2, 0.25) is 11.7 Å². The number of nitrogens with zero attached hydrogens (tertiary/aromatic N) is 9. The average molecular weight is 526 g/mol. The maximum Gasteiger partial charge on any atom is 0.294 e. The number of aromatic nitrogens is 8. The zero-order valence-electron chi connectivity index (χ0n) is 21.8. The Hall–Kier alpha value is -4.91. The van der Waals surface area contributed by atoms with E-state index in [1.54, 1.807) is 40.7 Å². The Bertz CT molecular complexity index is 1710. The minimum absolute atomic E-state index is 0.135. The van der Waals surface area contributed by atoms with Gasteiger partial charge in [-0.1, -0.05) is 0 Å². The summed E-state index contributed by atoms with van der Waals surface area (Å²) >= 11 is 0. The van der Waals surface area contributed by atoms with Gasteiger partial charge in [-0.2, -0.15) is 5.10 Å². The summed E-state index contributed by atoms with van der Waals surface area (Å²) in [5.41, 5.74) is 6.18. The zero-order valence-corrected chi connectivity index (χ0v) is 21.8. The maximum atomic E-state index is 13.1. The van der Waals surface area contributed by atoms with E-state index in [1.165, 1.54) is 5.69 Å². The lowest BCUT2D eigenvalue weighted by Gasteiger charge is -2.26. The highest BCUT2D eigenvalue weighted by molar-refractivity contribution is 6.03. The van der Waals surface area contributed by atoms with Crippen molar-refractivity contribution in [1.29, 1.82) is 0 Å². The van der Waals surface area contributed by atoms with E-state index in [0.717, 1.165) is 29.8 Å². The average Bonchev–Trinajstić information content (AvgIpc) is 3.64. The number of aryl methyl sites for hydroxylation is 3. The van der Waals surface area contributed by atoms with Gasteiger partial charge in [-0.3, -0.25) is 28.6 Å². The number of carbonyl (C=O) groups excluding carboxylic acids is 2. The minimum Gasteiger partial charge on any atom is -0.337 e. The van der Waals surface area contributed by atoms with Crippen LogP contribution in [0, 0.1) is 6.92 Å². The van der Waals surface area contributed by atoms with Crippen molar-refractivity contribution in [2.75, 3.05) is 23.7 Å². The topological polar surface area (TPSA) is 140 Å². The second-order valence-corrected chi connectivity index (χ2v) is 9.64. The largest absolute Gasteiger partial charge is 0.337 e. The maximum absolute atomic E-state index is 13.1. The summed E-state index contributed by atoms with van der Waals surface area (Å²) in [6.45, 7) is 3.43. The molecule has 5 aromatic heterocycles. The molecule has 0 aliphatic carbocycles. The molecule has 5 aromatic rings. The molecule has 0 radical (unpaired) electrons. The predicted octanol–water partition coefficient (Wildman–Crippen LogP) is 1.82. The van der Waals surface area contributed by atoms with E-state index in [1.807, 2.05) is 43.3 Å². The molecule has 0 saturated carbocycles. The van der Waals surface area contributed by atoms with Crippen LogP contribution in [0.1, 0.15) is 27.7 Å². The summed E-state index contributed by atoms with van der Waals surface area (Å²) in [7, 11) is 3.84. The minimum atomic E-state index is -0.440. The highest BCUT2D eigenvalue weighted by atomic mass is 16.2. The van der Waals surface area contributed by atoms with Gasteiger partial charge in [0.25, 0.3) is 5.91 Å². The van der Waals surface area contributed by atoms with E-state index >= 15 is 0 Å². The second-order valence-electron chi connectivity index (χ2n) is 9.64. The van der Waals surface area contributed by atoms with Gasteiger partial charge in [0, 0.05) is 57.3 Å². The summed E-state index contributed by atoms with van der Waals surface area (Å²) < 4.78 is 5.37. The van der Waals surface area contributed by atoms with Crippen LogP contribution in [0.3, 0.4) is 0 Å². The fraction of sp³-hybridized carbons (Fsp3) is 0.269. The molecular weight excluding hydrogens is 498 g/mol. The lowest BCUT2D eigenvalue weighted by molar-refractivity contribution is -0.117. The first kappa shape index (κ1) is 24.4. The molecular formula is C26H27N11O2. The van der Waals surface area contributed by atoms with Crippen LogP contribution in [0.2, 0.25) is 0 Å². The van der Waals surface area contributed by atoms with E-state index in [4.69, 9.17) is 0 Å². The lowest BCUT2D eigenvalue weighted by atomic mass is 10.1. The number of pyridine rings is 2. The van der Waals surface area contributed by atoms with Gasteiger partial charge >= 0.3 is 0 Å². The molecule has 1 aliphatic rings. The fourth-order valence-electron chi connectivity index (χ4n) is 4.75. The van der Waals surface area contributed by atoms with Gasteiger partial charge in [0.05, 0.1) is 48.0 Å². The molecule has 0 fully saturated rings. The van der Waals surface area contributed by atoms with Gasteiger partial charge in [0.15, 0.2) is 5.65 Å². The highest BCUT2D eigenvalue weighted by Gasteiger charge is 2.22. The van der Waals surface area contributed by atoms with Crippen LogP contribution >= 0.6 is 0 Å². The van der Waals surface area contributed by atoms with Gasteiger partial charge in [0.1, 0.15) is 0 Å². The number of hydrogen-bond donors (Lipinski definition) is 2. The summed E-state index contributed by atoms with van der Waals surface area (Å²) in [5, 5.41) is 18.2. The molecule has 198 valence electrons. The molecule has 1 aliphatic heterocycles. The van der Waals surface area contributed by atoms with Crippen LogP contribution in [0.25, 0.3) is 16.8 Å². The molecule has 2 N–H and O–H groups in total. The van der Waals surface area contributed by atoms with E-state index in [-0.39, 0.29) is 18.3 Å². The molecule has 0 atom stereocenters. The van der Waals surface area contributed by atoms with Gasteiger partial charge in [-0.05, 0) is 30.7 Å². The third-order valence-corrected chi connectivity index (χ3v) is 6.82. The van der Waals surface area contributed by atoms with E-state index in [2.05, 4.69) is 40.8 Å². The van der Waals surface area contributed by atoms with Crippen LogP contribution in [0.4, 0.5) is 11.4 Å². The van der Waals surface area contributed by atoms with Gasteiger partial charge in [-0.25, -0.2) is 4.98 Å². The third kappa shape index (κ3) is 4.86. The van der Waals surface area contributed by atoms with Crippen molar-refractivity contribution in [2.24, 2.45) is 14.1 Å². The van der Waals surface area contributed by atoms with Crippen LogP contribution in [-0.4, -0.2) is 68.7 Å². The Morgan fingerprint density at radius 3 is 2.74 bits per heavy atom. The number of hydrogen-bond acceptors (Lipinski definition) is 8. The predicted molar refractivity (Wildman–Crippen MR) is 143 cm³/mol. The molecule has 6 heterocycles. The Labute approximate surface area is 223 Å². The van der Waals surface area contributed by atoms with Crippen molar-refractivity contribution in [3.8, 4) is 11.1 Å². The number of nitrogens with one attached hydrogen (secondary N) is 2. The van der Waals surface area contributed by atoms with Crippen molar-refractivity contribution >= 4 is 28.8 Å². The zero-order chi connectivity index (χ0) is 27.1. The summed E-state index contributed by atoms with van der Waals surface area (Å²) in [5.74, 6) is -0.467. The standard InChI is InChI=1S/C26H27N11O2/c1-16-20(9-19(11-27-16)30-24(38)14-36-6-5-22-21(13-36)28-15-34(22)2)31-26(39)25-33-32-23-8-17(4-7-37(23)25)18-10-29-35(3)12-18/h4,7-12,15H,5-6,13-14H2,1-3H3,(H,30,38)(H,31,39). The van der Waals surface area contributed by atoms with Crippen LogP contribution in [0.15, 0.2) is 49.3 Å². The first-order chi connectivity index (χ1) is 18.8. The lowest BCUT2D eigenvalue weighted by Crippen LogP contribution is -2.37. The third-order valence-electron chi connectivity index (χ3n) is 6.82. The van der Waals surface area contributed by atoms with E-state index < -0.39 is 5.91 Å². The van der Waals surface area contributed by atoms with E-state index in [9.17, 15) is 9.59 Å². The van der Waals surface area contributed by atoms with Crippen LogP contribution in [0.5, 0.6) is 0 Å². The molecule has 0 bridgehead atoms. The molecule has 13 heteroatoms. The highest BCUT2D eigenvalue weighted by Crippen LogP contribution is 2.22. The fourth-order valence-corrected chi connectivity index (χ4v) is 4.75. The summed E-state index contributed by atoms with van der Waals surface area (Å²) in [4.78, 5) is 36.7. The van der Waals surface area contributed by atoms with Crippen molar-refractivity contribution in [3.63, 3.8) is 0 Å². The Kier molecular flexibility index (Phi) is 6.11. The first-order valence-corrected chi connectivity index (χ1v) is 12.5.